The van der Waals surface area contributed by atoms with E-state index in [1.54, 1.807) is 0 Å². The first-order valence-electron chi connectivity index (χ1n) is 5.78. The van der Waals surface area contributed by atoms with Crippen molar-refractivity contribution in [3.05, 3.63) is 10.7 Å². The van der Waals surface area contributed by atoms with E-state index in [4.69, 9.17) is 17.3 Å². The number of nitrogen functional groups attached to an aromatic ring is 1. The predicted octanol–water partition coefficient (Wildman–Crippen LogP) is 2.08. The monoisotopic (exact) mass is 242 g/mol. The van der Waals surface area contributed by atoms with Crippen molar-refractivity contribution in [1.29, 1.82) is 0 Å². The largest absolute Gasteiger partial charge is 0.383 e. The molecule has 2 N–H and O–H groups in total. The van der Waals surface area contributed by atoms with Gasteiger partial charge in [-0.05, 0) is 46.3 Å². The average molecular weight is 243 g/mol. The molecule has 0 saturated carbocycles. The van der Waals surface area contributed by atoms with Crippen LogP contribution in [-0.2, 0) is 0 Å². The third kappa shape index (κ3) is 2.18. The zero-order chi connectivity index (χ0) is 11.7. The summed E-state index contributed by atoms with van der Waals surface area (Å²) in [5, 5.41) is 5.05. The van der Waals surface area contributed by atoms with Crippen LogP contribution >= 0.6 is 11.6 Å². The molecule has 1 unspecified atom stereocenters. The maximum Gasteiger partial charge on any atom is 0.141 e. The number of hydrogen-bond donors (Lipinski definition) is 1. The first-order chi connectivity index (χ1) is 7.59. The molecule has 2 rings (SSSR count). The summed E-state index contributed by atoms with van der Waals surface area (Å²) in [6.07, 6.45) is 3.42. The molecule has 4 nitrogen and oxygen atoms in total. The first-order valence-corrected chi connectivity index (χ1v) is 6.16. The lowest BCUT2D eigenvalue weighted by molar-refractivity contribution is 0.337. The van der Waals surface area contributed by atoms with Gasteiger partial charge in [0.25, 0.3) is 0 Å². The van der Waals surface area contributed by atoms with Crippen molar-refractivity contribution in [2.75, 3.05) is 25.9 Å². The van der Waals surface area contributed by atoms with Crippen LogP contribution < -0.4 is 5.73 Å². The van der Waals surface area contributed by atoms with Gasteiger partial charge in [-0.2, -0.15) is 5.10 Å². The molecule has 2 heterocycles. The second kappa shape index (κ2) is 4.63. The second-order valence-electron chi connectivity index (χ2n) is 4.62. The van der Waals surface area contributed by atoms with E-state index in [9.17, 15) is 0 Å². The number of likely N-dealkylation sites (tertiary alicyclic amines) is 1. The molecule has 0 radical (unpaired) electrons. The Morgan fingerprint density at radius 2 is 2.12 bits per heavy atom. The molecule has 1 fully saturated rings. The molecule has 0 spiro atoms. The van der Waals surface area contributed by atoms with Crippen molar-refractivity contribution < 1.29 is 0 Å². The van der Waals surface area contributed by atoms with Crippen LogP contribution in [0.25, 0.3) is 0 Å². The lowest BCUT2D eigenvalue weighted by Gasteiger charge is -2.16. The molecule has 16 heavy (non-hydrogen) atoms. The lowest BCUT2D eigenvalue weighted by Crippen LogP contribution is -2.20. The minimum Gasteiger partial charge on any atom is -0.383 e. The van der Waals surface area contributed by atoms with E-state index < -0.39 is 0 Å². The Labute approximate surface area is 101 Å². The van der Waals surface area contributed by atoms with Crippen LogP contribution in [-0.4, -0.2) is 34.8 Å². The third-order valence-corrected chi connectivity index (χ3v) is 3.78. The van der Waals surface area contributed by atoms with Crippen LogP contribution in [0.2, 0.25) is 5.02 Å². The zero-order valence-electron chi connectivity index (χ0n) is 9.91. The minimum atomic E-state index is 0.399. The van der Waals surface area contributed by atoms with Gasteiger partial charge in [-0.3, -0.25) is 0 Å². The van der Waals surface area contributed by atoms with Gasteiger partial charge in [-0.25, -0.2) is 4.68 Å². The van der Waals surface area contributed by atoms with Crippen molar-refractivity contribution in [3.8, 4) is 0 Å². The highest BCUT2D eigenvalue weighted by Gasteiger charge is 2.21. The third-order valence-electron chi connectivity index (χ3n) is 3.31. The van der Waals surface area contributed by atoms with Gasteiger partial charge in [0.1, 0.15) is 10.8 Å². The Kier molecular flexibility index (Phi) is 3.40. The Morgan fingerprint density at radius 3 is 2.75 bits per heavy atom. The standard InChI is InChI=1S/C11H19ClN4/c1-8-10(12)11(13)16(14-8)9-4-3-6-15(2)7-5-9/h9H,3-7,13H2,1-2H3. The molecular formula is C11H19ClN4. The van der Waals surface area contributed by atoms with Gasteiger partial charge in [-0.1, -0.05) is 11.6 Å². The van der Waals surface area contributed by atoms with E-state index in [0.717, 1.165) is 31.6 Å². The molecule has 0 amide bonds. The normalized spacial score (nSPS) is 23.3. The Balaban J connectivity index is 2.20. The maximum absolute atomic E-state index is 6.07. The Bertz CT molecular complexity index is 374. The summed E-state index contributed by atoms with van der Waals surface area (Å²) in [5.74, 6) is 0.619. The zero-order valence-corrected chi connectivity index (χ0v) is 10.7. The summed E-state index contributed by atoms with van der Waals surface area (Å²) in [6.45, 7) is 4.16. The average Bonchev–Trinajstić information content (AvgIpc) is 2.47. The van der Waals surface area contributed by atoms with Crippen molar-refractivity contribution in [1.82, 2.24) is 14.7 Å². The minimum absolute atomic E-state index is 0.399. The second-order valence-corrected chi connectivity index (χ2v) is 5.00. The SMILES string of the molecule is Cc1nn(C2CCCN(C)CC2)c(N)c1Cl. The van der Waals surface area contributed by atoms with Gasteiger partial charge in [0.05, 0.1) is 11.7 Å². The summed E-state index contributed by atoms with van der Waals surface area (Å²) in [7, 11) is 2.16. The van der Waals surface area contributed by atoms with Crippen molar-refractivity contribution >= 4 is 17.4 Å². The van der Waals surface area contributed by atoms with Gasteiger partial charge in [0.2, 0.25) is 0 Å². The number of aromatic nitrogens is 2. The van der Waals surface area contributed by atoms with Crippen molar-refractivity contribution in [2.24, 2.45) is 0 Å². The Hall–Kier alpha value is -0.740. The fourth-order valence-corrected chi connectivity index (χ4v) is 2.41. The summed E-state index contributed by atoms with van der Waals surface area (Å²) in [4.78, 5) is 2.36. The summed E-state index contributed by atoms with van der Waals surface area (Å²) >= 11 is 6.07. The number of anilines is 1. The molecule has 5 heteroatoms. The molecule has 0 aliphatic carbocycles. The van der Waals surface area contributed by atoms with Gasteiger partial charge in [0.15, 0.2) is 0 Å². The molecule has 1 aliphatic rings. The van der Waals surface area contributed by atoms with Crippen LogP contribution in [0.5, 0.6) is 0 Å². The van der Waals surface area contributed by atoms with E-state index in [1.807, 2.05) is 11.6 Å². The first kappa shape index (κ1) is 11.7. The van der Waals surface area contributed by atoms with Crippen LogP contribution in [0.3, 0.4) is 0 Å². The quantitative estimate of drug-likeness (QED) is 0.820. The van der Waals surface area contributed by atoms with Crippen LogP contribution in [0.1, 0.15) is 31.0 Å². The molecule has 90 valence electrons. The number of hydrogen-bond acceptors (Lipinski definition) is 3. The highest BCUT2D eigenvalue weighted by Crippen LogP contribution is 2.29. The van der Waals surface area contributed by atoms with E-state index in [0.29, 0.717) is 16.9 Å². The van der Waals surface area contributed by atoms with Gasteiger partial charge in [-0.15, -0.1) is 0 Å². The molecular weight excluding hydrogens is 224 g/mol. The number of nitrogens with zero attached hydrogens (tertiary/aromatic N) is 3. The summed E-state index contributed by atoms with van der Waals surface area (Å²) < 4.78 is 1.91. The van der Waals surface area contributed by atoms with Gasteiger partial charge >= 0.3 is 0 Å². The fraction of sp³-hybridized carbons (Fsp3) is 0.727. The molecule has 0 bridgehead atoms. The van der Waals surface area contributed by atoms with Crippen molar-refractivity contribution in [3.63, 3.8) is 0 Å². The fourth-order valence-electron chi connectivity index (χ4n) is 2.29. The number of nitrogens with two attached hydrogens (primary N) is 1. The Morgan fingerprint density at radius 1 is 1.38 bits per heavy atom. The van der Waals surface area contributed by atoms with Gasteiger partial charge < -0.3 is 10.6 Å². The predicted molar refractivity (Wildman–Crippen MR) is 66.8 cm³/mol. The topological polar surface area (TPSA) is 47.1 Å². The number of rotatable bonds is 1. The van der Waals surface area contributed by atoms with Crippen molar-refractivity contribution in [2.45, 2.75) is 32.2 Å². The summed E-state index contributed by atoms with van der Waals surface area (Å²) in [5.41, 5.74) is 6.81. The van der Waals surface area contributed by atoms with E-state index in [1.165, 1.54) is 6.42 Å². The lowest BCUT2D eigenvalue weighted by atomic mass is 10.1. The van der Waals surface area contributed by atoms with E-state index >= 15 is 0 Å². The number of aryl methyl sites for hydroxylation is 1. The summed E-state index contributed by atoms with van der Waals surface area (Å²) in [6, 6.07) is 0.399. The highest BCUT2D eigenvalue weighted by atomic mass is 35.5. The molecule has 1 aromatic heterocycles. The molecule has 1 aromatic rings. The van der Waals surface area contributed by atoms with E-state index in [-0.39, 0.29) is 0 Å². The van der Waals surface area contributed by atoms with Gasteiger partial charge in [0, 0.05) is 0 Å². The van der Waals surface area contributed by atoms with E-state index in [2.05, 4.69) is 17.0 Å². The van der Waals surface area contributed by atoms with Crippen LogP contribution in [0.15, 0.2) is 0 Å². The maximum atomic E-state index is 6.07. The highest BCUT2D eigenvalue weighted by molar-refractivity contribution is 6.33. The smallest absolute Gasteiger partial charge is 0.141 e. The van der Waals surface area contributed by atoms with Crippen LogP contribution in [0, 0.1) is 6.92 Å². The van der Waals surface area contributed by atoms with Crippen LogP contribution in [0.4, 0.5) is 5.82 Å². The number of halogens is 1. The molecule has 1 aliphatic heterocycles. The molecule has 0 aromatic carbocycles. The molecule has 1 saturated heterocycles. The molecule has 1 atom stereocenters.